The minimum absolute atomic E-state index is 0.179. The Hall–Kier alpha value is -5.74. The van der Waals surface area contributed by atoms with Crippen LogP contribution in [0, 0.1) is 11.8 Å². The van der Waals surface area contributed by atoms with Gasteiger partial charge in [-0.25, -0.2) is 9.59 Å². The lowest BCUT2D eigenvalue weighted by Crippen LogP contribution is -2.90. The predicted molar refractivity (Wildman–Crippen MR) is 182 cm³/mol. The Morgan fingerprint density at radius 2 is 1.60 bits per heavy atom. The van der Waals surface area contributed by atoms with Crippen molar-refractivity contribution < 1.29 is 69.1 Å². The average molecular weight is 732 g/mol. The zero-order chi connectivity index (χ0) is 38.3. The van der Waals surface area contributed by atoms with Crippen LogP contribution >= 0.6 is 0 Å². The number of likely N-dealkylation sites (N-methyl/N-ethyl adjacent to an activating group) is 1. The number of phenols is 4. The summed E-state index contributed by atoms with van der Waals surface area (Å²) in [7, 11) is 1.34. The maximum atomic E-state index is 13.9. The predicted octanol–water partition coefficient (Wildman–Crippen LogP) is 1.93. The Morgan fingerprint density at radius 3 is 2.21 bits per heavy atom. The fraction of sp³-hybridized carbons (Fsp3) is 0.316. The monoisotopic (exact) mass is 731 g/mol. The molecule has 8 N–H and O–H groups in total. The topological polar surface area (TPSA) is 250 Å². The van der Waals surface area contributed by atoms with E-state index >= 15 is 0 Å². The van der Waals surface area contributed by atoms with E-state index in [1.165, 1.54) is 37.4 Å². The lowest BCUT2D eigenvalue weighted by atomic mass is 9.49. The number of carboxylic acids is 1. The number of Topliss-reactive ketones (excluding diaryl/α,β-unsaturated/α-hetero) is 1. The molecular formula is C38H37NO14. The van der Waals surface area contributed by atoms with Gasteiger partial charge in [0, 0.05) is 29.9 Å². The van der Waals surface area contributed by atoms with Gasteiger partial charge in [-0.2, -0.15) is 0 Å². The molecule has 2 bridgehead atoms. The normalized spacial score (nSPS) is 30.1. The zero-order valence-electron chi connectivity index (χ0n) is 28.2. The number of ketones is 1. The molecule has 2 heterocycles. The molecule has 0 aromatic heterocycles. The van der Waals surface area contributed by atoms with Gasteiger partial charge in [-0.15, -0.1) is 0 Å². The number of carbonyl (C=O) groups excluding carboxylic acids is 3. The third-order valence-electron chi connectivity index (χ3n) is 10.3. The summed E-state index contributed by atoms with van der Waals surface area (Å²) in [6.07, 6.45) is 0.915. The van der Waals surface area contributed by atoms with Gasteiger partial charge >= 0.3 is 17.9 Å². The number of aliphatic hydroxyl groups is 2. The summed E-state index contributed by atoms with van der Waals surface area (Å²) in [4.78, 5) is 54.1. The number of nitrogens with one attached hydrogen (secondary N) is 1. The Bertz CT molecular complexity index is 2010. The van der Waals surface area contributed by atoms with Crippen LogP contribution in [0.25, 0.3) is 6.08 Å². The van der Waals surface area contributed by atoms with Gasteiger partial charge in [-0.05, 0) is 61.0 Å². The molecular weight excluding hydrogens is 694 g/mol. The van der Waals surface area contributed by atoms with Crippen molar-refractivity contribution in [3.8, 4) is 23.0 Å². The van der Waals surface area contributed by atoms with E-state index in [4.69, 9.17) is 14.2 Å². The number of esters is 2. The fourth-order valence-corrected chi connectivity index (χ4v) is 7.72. The molecule has 7 rings (SSSR count). The van der Waals surface area contributed by atoms with Crippen molar-refractivity contribution in [1.82, 2.24) is 5.32 Å². The van der Waals surface area contributed by atoms with Gasteiger partial charge in [0.2, 0.25) is 5.60 Å². The minimum Gasteiger partial charge on any atom is -0.504 e. The van der Waals surface area contributed by atoms with E-state index in [1.807, 2.05) is 0 Å². The van der Waals surface area contributed by atoms with Gasteiger partial charge in [-0.1, -0.05) is 48.6 Å². The van der Waals surface area contributed by atoms with E-state index in [-0.39, 0.29) is 24.2 Å². The third kappa shape index (κ3) is 6.16. The standard InChI is InChI=1S/C38H37NO14/c1-39-38(50)24-13-14-35(51-19-24)20-36(49,34(47)48)25(15-21-5-3-2-4-6-21)33(52-32(46)18-28(42)23-9-11-27(41)30(44)17-23)37(35,38)53-31(45)12-8-22-7-10-26(40)29(43)16-22/h2-14,16-17,24-25,33,39-41,43-44,49-50H,15,18-20H2,1H3,(H,47,48)/t24-,25-,33-,35+,36-,37-,38-/m1/s1. The summed E-state index contributed by atoms with van der Waals surface area (Å²) >= 11 is 0. The maximum Gasteiger partial charge on any atom is 0.336 e. The first kappa shape index (κ1) is 37.0. The quantitative estimate of drug-likeness (QED) is 0.0267. The van der Waals surface area contributed by atoms with Crippen LogP contribution in [0.1, 0.15) is 34.3 Å². The highest BCUT2D eigenvalue weighted by atomic mass is 16.6. The maximum absolute atomic E-state index is 13.9. The number of ether oxygens (including phenoxy) is 3. The molecule has 0 radical (unpaired) electrons. The van der Waals surface area contributed by atoms with E-state index in [0.717, 1.165) is 30.3 Å². The first-order valence-electron chi connectivity index (χ1n) is 16.5. The van der Waals surface area contributed by atoms with Gasteiger partial charge < -0.3 is 50.0 Å². The minimum atomic E-state index is -2.76. The summed E-state index contributed by atoms with van der Waals surface area (Å²) in [5.74, 6) is -9.70. The number of fused-ring (bicyclic) bond motifs is 1. The number of phenolic OH excluding ortho intramolecular Hbond substituents is 4. The van der Waals surface area contributed by atoms with Crippen LogP contribution in [0.3, 0.4) is 0 Å². The molecule has 2 aliphatic heterocycles. The first-order chi connectivity index (χ1) is 25.1. The molecule has 0 unspecified atom stereocenters. The summed E-state index contributed by atoms with van der Waals surface area (Å²) in [5, 5.41) is 77.5. The van der Waals surface area contributed by atoms with Crippen LogP contribution in [0.15, 0.2) is 85.0 Å². The summed E-state index contributed by atoms with van der Waals surface area (Å²) in [6.45, 7) is -0.238. The Balaban J connectivity index is 1.51. The molecule has 4 aliphatic rings. The first-order valence-corrected chi connectivity index (χ1v) is 16.5. The molecule has 2 aliphatic carbocycles. The molecule has 15 heteroatoms. The smallest absolute Gasteiger partial charge is 0.336 e. The molecule has 53 heavy (non-hydrogen) atoms. The third-order valence-corrected chi connectivity index (χ3v) is 10.3. The van der Waals surface area contributed by atoms with Crippen molar-refractivity contribution in [2.45, 2.75) is 47.9 Å². The summed E-state index contributed by atoms with van der Waals surface area (Å²) < 4.78 is 18.4. The van der Waals surface area contributed by atoms with Crippen LogP contribution in [-0.4, -0.2) is 102 Å². The molecule has 278 valence electrons. The van der Waals surface area contributed by atoms with Gasteiger partial charge in [0.25, 0.3) is 0 Å². The highest BCUT2D eigenvalue weighted by Gasteiger charge is 2.83. The Morgan fingerprint density at radius 1 is 0.925 bits per heavy atom. The van der Waals surface area contributed by atoms with Crippen molar-refractivity contribution in [2.75, 3.05) is 13.7 Å². The van der Waals surface area contributed by atoms with Crippen molar-refractivity contribution in [3.05, 3.63) is 102 Å². The van der Waals surface area contributed by atoms with Crippen LogP contribution in [0.4, 0.5) is 0 Å². The Kier molecular flexibility index (Phi) is 9.55. The molecule has 1 saturated carbocycles. The number of rotatable bonds is 11. The van der Waals surface area contributed by atoms with Crippen LogP contribution < -0.4 is 5.32 Å². The zero-order valence-corrected chi connectivity index (χ0v) is 28.2. The number of benzene rings is 3. The van der Waals surface area contributed by atoms with E-state index in [2.05, 4.69) is 5.32 Å². The van der Waals surface area contributed by atoms with Gasteiger partial charge in [0.05, 0.1) is 6.61 Å². The summed E-state index contributed by atoms with van der Waals surface area (Å²) in [6, 6.07) is 15.2. The van der Waals surface area contributed by atoms with E-state index in [0.29, 0.717) is 5.56 Å². The van der Waals surface area contributed by atoms with Gasteiger partial charge in [-0.3, -0.25) is 14.9 Å². The lowest BCUT2D eigenvalue weighted by Gasteiger charge is -2.68. The molecule has 3 aromatic rings. The molecule has 0 amide bonds. The van der Waals surface area contributed by atoms with E-state index in [1.54, 1.807) is 30.3 Å². The molecule has 3 aromatic carbocycles. The largest absolute Gasteiger partial charge is 0.504 e. The van der Waals surface area contributed by atoms with E-state index in [9.17, 15) is 54.9 Å². The van der Waals surface area contributed by atoms with Crippen molar-refractivity contribution in [2.24, 2.45) is 11.8 Å². The van der Waals surface area contributed by atoms with Crippen LogP contribution in [-0.2, 0) is 35.0 Å². The Labute approximate surface area is 302 Å². The van der Waals surface area contributed by atoms with E-state index < -0.39 is 100.0 Å². The van der Waals surface area contributed by atoms with Gasteiger partial charge in [0.15, 0.2) is 46.2 Å². The van der Waals surface area contributed by atoms with Crippen LogP contribution in [0.2, 0.25) is 0 Å². The number of carboxylic acid groups (broad SMARTS) is 1. The van der Waals surface area contributed by atoms with Crippen molar-refractivity contribution in [3.63, 3.8) is 0 Å². The van der Waals surface area contributed by atoms with Gasteiger partial charge in [0.1, 0.15) is 12.0 Å². The second kappa shape index (κ2) is 13.7. The number of aromatic hydroxyl groups is 4. The number of aliphatic carboxylic acids is 1. The van der Waals surface area contributed by atoms with Crippen LogP contribution in [0.5, 0.6) is 23.0 Å². The fourth-order valence-electron chi connectivity index (χ4n) is 7.72. The van der Waals surface area contributed by atoms with Crippen molar-refractivity contribution in [1.29, 1.82) is 0 Å². The molecule has 7 atom stereocenters. The summed E-state index contributed by atoms with van der Waals surface area (Å²) in [5.41, 5.74) is -9.26. The number of hydrogen-bond donors (Lipinski definition) is 8. The lowest BCUT2D eigenvalue weighted by molar-refractivity contribution is -0.378. The van der Waals surface area contributed by atoms with Crippen molar-refractivity contribution >= 4 is 29.8 Å². The number of carbonyl (C=O) groups is 4. The average Bonchev–Trinajstić information content (AvgIpc) is 3.13. The molecule has 1 saturated heterocycles. The molecule has 15 nitrogen and oxygen atoms in total. The second-order valence-electron chi connectivity index (χ2n) is 13.3. The highest BCUT2D eigenvalue weighted by Crippen LogP contribution is 2.62. The molecule has 2 fully saturated rings. The second-order valence-corrected chi connectivity index (χ2v) is 13.3. The molecule has 1 spiro atoms. The highest BCUT2D eigenvalue weighted by molar-refractivity contribution is 6.06. The SMILES string of the molecule is CN[C@@]1(O)[C@@H]2C=C[C@@]3(C[C@](O)(C(=O)O)[C@H](Cc4ccccc4)[C@@H](OC(=O)CC(=O)c4ccc(O)c(O)c4)[C@]13OC(=O)C=Cc1ccc(O)c(O)c1)OC2. The number of hydrogen-bond acceptors (Lipinski definition) is 14.